The molecule has 0 aliphatic rings. The third-order valence-electron chi connectivity index (χ3n) is 4.60. The second kappa shape index (κ2) is 8.74. The molecular weight excluding hydrogens is 354 g/mol. The van der Waals surface area contributed by atoms with E-state index >= 15 is 0 Å². The van der Waals surface area contributed by atoms with E-state index < -0.39 is 0 Å². The minimum Gasteiger partial charge on any atom is -0.385 e. The number of para-hydroxylation sites is 2. The molecule has 4 heteroatoms. The van der Waals surface area contributed by atoms with Gasteiger partial charge in [-0.15, -0.1) is 12.4 Å². The Morgan fingerprint density at radius 1 is 0.741 bits per heavy atom. The third-order valence-corrected chi connectivity index (χ3v) is 4.60. The van der Waals surface area contributed by atoms with Gasteiger partial charge in [-0.1, -0.05) is 49.7 Å². The standard InChI is InChI=1S/C23H23N3.ClH/c1-2-3-16-24-17-12-14-18(15-13-17)25-23-19-8-4-6-10-21(19)26-22-11-7-5-9-20(22)23;/h4-15,24H,2-3,16H2,1H3,(H,25,26);1H. The van der Waals surface area contributed by atoms with Crippen LogP contribution in [0.3, 0.4) is 0 Å². The summed E-state index contributed by atoms with van der Waals surface area (Å²) in [6.07, 6.45) is 2.39. The van der Waals surface area contributed by atoms with Crippen LogP contribution in [0.15, 0.2) is 72.8 Å². The van der Waals surface area contributed by atoms with E-state index in [2.05, 4.69) is 78.2 Å². The summed E-state index contributed by atoms with van der Waals surface area (Å²) in [6.45, 7) is 3.22. The number of hydrogen-bond donors (Lipinski definition) is 2. The summed E-state index contributed by atoms with van der Waals surface area (Å²) < 4.78 is 0. The average molecular weight is 378 g/mol. The van der Waals surface area contributed by atoms with Crippen molar-refractivity contribution in [1.82, 2.24) is 4.98 Å². The SMILES string of the molecule is CCCCNc1ccc(Nc2c3ccccc3nc3ccccc23)cc1.Cl. The van der Waals surface area contributed by atoms with Gasteiger partial charge in [-0.05, 0) is 42.8 Å². The van der Waals surface area contributed by atoms with Crippen molar-refractivity contribution in [2.45, 2.75) is 19.8 Å². The first-order valence-electron chi connectivity index (χ1n) is 9.23. The van der Waals surface area contributed by atoms with Crippen molar-refractivity contribution in [3.63, 3.8) is 0 Å². The molecule has 0 atom stereocenters. The van der Waals surface area contributed by atoms with Crippen molar-refractivity contribution in [1.29, 1.82) is 0 Å². The number of fused-ring (bicyclic) bond motifs is 2. The fourth-order valence-corrected chi connectivity index (χ4v) is 3.20. The maximum atomic E-state index is 4.79. The largest absolute Gasteiger partial charge is 0.385 e. The Balaban J connectivity index is 0.00000210. The number of rotatable bonds is 6. The van der Waals surface area contributed by atoms with E-state index in [9.17, 15) is 0 Å². The Bertz CT molecular complexity index is 975. The number of nitrogens with zero attached hydrogens (tertiary/aromatic N) is 1. The molecule has 0 bridgehead atoms. The van der Waals surface area contributed by atoms with Crippen LogP contribution < -0.4 is 10.6 Å². The predicted octanol–water partition coefficient (Wildman–Crippen LogP) is 6.77. The second-order valence-corrected chi connectivity index (χ2v) is 6.50. The maximum Gasteiger partial charge on any atom is 0.0730 e. The van der Waals surface area contributed by atoms with Gasteiger partial charge in [0.05, 0.1) is 16.7 Å². The number of benzene rings is 3. The lowest BCUT2D eigenvalue weighted by molar-refractivity contribution is 0.834. The van der Waals surface area contributed by atoms with Crippen LogP contribution in [0.25, 0.3) is 21.8 Å². The number of anilines is 3. The molecule has 0 saturated heterocycles. The summed E-state index contributed by atoms with van der Waals surface area (Å²) >= 11 is 0. The molecule has 1 aromatic heterocycles. The van der Waals surface area contributed by atoms with Crippen molar-refractivity contribution in [2.24, 2.45) is 0 Å². The highest BCUT2D eigenvalue weighted by Crippen LogP contribution is 2.33. The van der Waals surface area contributed by atoms with Gasteiger partial charge in [-0.25, -0.2) is 4.98 Å². The van der Waals surface area contributed by atoms with Gasteiger partial charge in [0.25, 0.3) is 0 Å². The molecule has 4 aromatic rings. The van der Waals surface area contributed by atoms with E-state index in [1.54, 1.807) is 0 Å². The fourth-order valence-electron chi connectivity index (χ4n) is 3.20. The summed E-state index contributed by atoms with van der Waals surface area (Å²) in [5.41, 5.74) is 5.36. The van der Waals surface area contributed by atoms with Crippen molar-refractivity contribution >= 4 is 51.3 Å². The lowest BCUT2D eigenvalue weighted by atomic mass is 10.1. The van der Waals surface area contributed by atoms with Crippen LogP contribution in [0.1, 0.15) is 19.8 Å². The lowest BCUT2D eigenvalue weighted by Gasteiger charge is -2.14. The molecule has 1 heterocycles. The van der Waals surface area contributed by atoms with Crippen LogP contribution in [0.2, 0.25) is 0 Å². The van der Waals surface area contributed by atoms with Crippen molar-refractivity contribution < 1.29 is 0 Å². The minimum absolute atomic E-state index is 0. The van der Waals surface area contributed by atoms with Gasteiger partial charge in [-0.3, -0.25) is 0 Å². The summed E-state index contributed by atoms with van der Waals surface area (Å²) in [5.74, 6) is 0. The Hall–Kier alpha value is -2.78. The zero-order chi connectivity index (χ0) is 17.8. The first-order chi connectivity index (χ1) is 12.8. The molecule has 27 heavy (non-hydrogen) atoms. The van der Waals surface area contributed by atoms with Crippen LogP contribution in [-0.4, -0.2) is 11.5 Å². The molecule has 0 saturated carbocycles. The number of nitrogens with one attached hydrogen (secondary N) is 2. The lowest BCUT2D eigenvalue weighted by Crippen LogP contribution is -2.00. The molecule has 0 aliphatic heterocycles. The van der Waals surface area contributed by atoms with Gasteiger partial charge < -0.3 is 10.6 Å². The molecule has 138 valence electrons. The van der Waals surface area contributed by atoms with Crippen LogP contribution >= 0.6 is 12.4 Å². The molecule has 0 aliphatic carbocycles. The second-order valence-electron chi connectivity index (χ2n) is 6.50. The van der Waals surface area contributed by atoms with Crippen LogP contribution in [0, 0.1) is 0 Å². The molecule has 4 rings (SSSR count). The third kappa shape index (κ3) is 4.15. The number of hydrogen-bond acceptors (Lipinski definition) is 3. The first-order valence-corrected chi connectivity index (χ1v) is 9.23. The molecule has 0 unspecified atom stereocenters. The van der Waals surface area contributed by atoms with Crippen molar-refractivity contribution in [2.75, 3.05) is 17.2 Å². The zero-order valence-corrected chi connectivity index (χ0v) is 16.2. The van der Waals surface area contributed by atoms with Gasteiger partial charge in [0, 0.05) is 28.7 Å². The monoisotopic (exact) mass is 377 g/mol. The van der Waals surface area contributed by atoms with E-state index in [0.717, 1.165) is 45.4 Å². The minimum atomic E-state index is 0. The average Bonchev–Trinajstić information content (AvgIpc) is 2.69. The van der Waals surface area contributed by atoms with Crippen LogP contribution in [0.5, 0.6) is 0 Å². The quantitative estimate of drug-likeness (QED) is 0.287. The van der Waals surface area contributed by atoms with Gasteiger partial charge >= 0.3 is 0 Å². The zero-order valence-electron chi connectivity index (χ0n) is 15.4. The maximum absolute atomic E-state index is 4.79. The molecule has 3 aromatic carbocycles. The highest BCUT2D eigenvalue weighted by molar-refractivity contribution is 6.08. The van der Waals surface area contributed by atoms with E-state index in [0.29, 0.717) is 0 Å². The molecule has 3 nitrogen and oxygen atoms in total. The molecule has 0 fully saturated rings. The van der Waals surface area contributed by atoms with Crippen molar-refractivity contribution in [3.05, 3.63) is 72.8 Å². The van der Waals surface area contributed by atoms with E-state index in [4.69, 9.17) is 4.98 Å². The molecule has 0 radical (unpaired) electrons. The summed E-state index contributed by atoms with van der Waals surface area (Å²) in [7, 11) is 0. The summed E-state index contributed by atoms with van der Waals surface area (Å²) in [4.78, 5) is 4.79. The Labute approximate surface area is 166 Å². The smallest absolute Gasteiger partial charge is 0.0730 e. The number of pyridine rings is 1. The Kier molecular flexibility index (Phi) is 6.15. The molecule has 2 N–H and O–H groups in total. The number of aromatic nitrogens is 1. The van der Waals surface area contributed by atoms with E-state index in [-0.39, 0.29) is 12.4 Å². The molecule has 0 amide bonds. The summed E-state index contributed by atoms with van der Waals surface area (Å²) in [6, 6.07) is 25.1. The van der Waals surface area contributed by atoms with Crippen molar-refractivity contribution in [3.8, 4) is 0 Å². The van der Waals surface area contributed by atoms with Gasteiger partial charge in [-0.2, -0.15) is 0 Å². The first kappa shape index (κ1) is 19.0. The highest BCUT2D eigenvalue weighted by Gasteiger charge is 2.08. The Morgan fingerprint density at radius 3 is 1.89 bits per heavy atom. The van der Waals surface area contributed by atoms with Gasteiger partial charge in [0.15, 0.2) is 0 Å². The van der Waals surface area contributed by atoms with Gasteiger partial charge in [0.2, 0.25) is 0 Å². The number of halogens is 1. The predicted molar refractivity (Wildman–Crippen MR) is 120 cm³/mol. The molecule has 0 spiro atoms. The van der Waals surface area contributed by atoms with Gasteiger partial charge in [0.1, 0.15) is 0 Å². The number of unbranched alkanes of at least 4 members (excludes halogenated alkanes) is 1. The highest BCUT2D eigenvalue weighted by atomic mass is 35.5. The fraction of sp³-hybridized carbons (Fsp3) is 0.174. The van der Waals surface area contributed by atoms with Crippen LogP contribution in [-0.2, 0) is 0 Å². The normalized spacial score (nSPS) is 10.6. The summed E-state index contributed by atoms with van der Waals surface area (Å²) in [5, 5.41) is 9.35. The molecular formula is C23H24ClN3. The van der Waals surface area contributed by atoms with E-state index in [1.807, 2.05) is 12.1 Å². The topological polar surface area (TPSA) is 37.0 Å². The van der Waals surface area contributed by atoms with Crippen LogP contribution in [0.4, 0.5) is 17.1 Å². The van der Waals surface area contributed by atoms with E-state index in [1.165, 1.54) is 12.8 Å². The Morgan fingerprint density at radius 2 is 1.30 bits per heavy atom.